The molecule has 0 spiro atoms. The second-order valence-electron chi connectivity index (χ2n) is 29.2. The highest BCUT2D eigenvalue weighted by Crippen LogP contribution is 2.45. The lowest BCUT2D eigenvalue weighted by Crippen LogP contribution is -2.30. The van der Waals surface area contributed by atoms with E-state index in [1.807, 2.05) is 0 Å². The van der Waals surface area contributed by atoms with E-state index in [2.05, 4.69) is 55.4 Å². The smallest absolute Gasteiger partial charge is 0.462 e. The van der Waals surface area contributed by atoms with Crippen molar-refractivity contribution in [3.63, 3.8) is 0 Å². The summed E-state index contributed by atoms with van der Waals surface area (Å²) < 4.78 is 68.6. The molecule has 0 aromatic heterocycles. The average molecular weight is 1410 g/mol. The Morgan fingerprint density at radius 1 is 0.292 bits per heavy atom. The Morgan fingerprint density at radius 3 is 0.740 bits per heavy atom. The van der Waals surface area contributed by atoms with Gasteiger partial charge in [-0.2, -0.15) is 0 Å². The fourth-order valence-electron chi connectivity index (χ4n) is 11.7. The Bertz CT molecular complexity index is 1890. The number of carbonyl (C=O) groups excluding carboxylic acids is 4. The second-order valence-corrected chi connectivity index (χ2v) is 32.1. The molecule has 3 N–H and O–H groups in total. The summed E-state index contributed by atoms with van der Waals surface area (Å²) in [5.74, 6) is 1.02. The Hall–Kier alpha value is -1.94. The van der Waals surface area contributed by atoms with Gasteiger partial charge in [0.2, 0.25) is 0 Å². The SMILES string of the molecule is CCC(C)CCCCCCCCCCCCC(=O)O[C@H](COC(=O)CCCCCCCCCCC(C)CC)COP(=O)(O)OC[C@H](O)COP(=O)(O)OC[C@@H](COC(=O)CCCCCCCCCCCCCC(C)C)OC(=O)CCCCCCCCCCCCCCCC(C)C. The summed E-state index contributed by atoms with van der Waals surface area (Å²) in [6, 6.07) is 0. The van der Waals surface area contributed by atoms with Gasteiger partial charge >= 0.3 is 39.5 Å². The first-order valence-electron chi connectivity index (χ1n) is 39.8. The van der Waals surface area contributed by atoms with Crippen LogP contribution in [0.2, 0.25) is 0 Å². The lowest BCUT2D eigenvalue weighted by molar-refractivity contribution is -0.161. The van der Waals surface area contributed by atoms with Crippen molar-refractivity contribution in [2.45, 2.75) is 408 Å². The largest absolute Gasteiger partial charge is 0.472 e. The maximum atomic E-state index is 13.1. The molecule has 0 bridgehead atoms. The van der Waals surface area contributed by atoms with E-state index in [1.54, 1.807) is 0 Å². The van der Waals surface area contributed by atoms with Gasteiger partial charge in [-0.1, -0.05) is 338 Å². The number of esters is 4. The van der Waals surface area contributed by atoms with Crippen LogP contribution in [0.1, 0.15) is 389 Å². The molecule has 4 unspecified atom stereocenters. The van der Waals surface area contributed by atoms with Crippen molar-refractivity contribution in [3.8, 4) is 0 Å². The Kier molecular flexibility index (Phi) is 65.0. The number of hydrogen-bond acceptors (Lipinski definition) is 15. The summed E-state index contributed by atoms with van der Waals surface area (Å²) >= 11 is 0. The predicted molar refractivity (Wildman–Crippen MR) is 391 cm³/mol. The summed E-state index contributed by atoms with van der Waals surface area (Å²) in [4.78, 5) is 72.9. The molecule has 96 heavy (non-hydrogen) atoms. The van der Waals surface area contributed by atoms with Gasteiger partial charge in [0.1, 0.15) is 19.3 Å². The van der Waals surface area contributed by atoms with E-state index in [4.69, 9.17) is 37.0 Å². The topological polar surface area (TPSA) is 237 Å². The molecule has 0 rings (SSSR count). The molecule has 0 aliphatic heterocycles. The lowest BCUT2D eigenvalue weighted by Gasteiger charge is -2.21. The van der Waals surface area contributed by atoms with Crippen molar-refractivity contribution in [2.75, 3.05) is 39.6 Å². The summed E-state index contributed by atoms with van der Waals surface area (Å²) in [5, 5.41) is 10.6. The van der Waals surface area contributed by atoms with Gasteiger partial charge in [0, 0.05) is 25.7 Å². The number of aliphatic hydroxyl groups excluding tert-OH is 1. The minimum atomic E-state index is -4.96. The van der Waals surface area contributed by atoms with Gasteiger partial charge in [0.05, 0.1) is 26.4 Å². The zero-order chi connectivity index (χ0) is 71.0. The van der Waals surface area contributed by atoms with Gasteiger partial charge in [-0.05, 0) is 49.4 Å². The van der Waals surface area contributed by atoms with Gasteiger partial charge in [0.25, 0.3) is 0 Å². The highest BCUT2D eigenvalue weighted by molar-refractivity contribution is 7.47. The van der Waals surface area contributed by atoms with Crippen molar-refractivity contribution in [2.24, 2.45) is 23.7 Å². The maximum absolute atomic E-state index is 13.1. The Balaban J connectivity index is 5.28. The molecule has 0 aliphatic rings. The van der Waals surface area contributed by atoms with Gasteiger partial charge in [-0.25, -0.2) is 9.13 Å². The van der Waals surface area contributed by atoms with Crippen molar-refractivity contribution in [3.05, 3.63) is 0 Å². The molecule has 0 saturated heterocycles. The van der Waals surface area contributed by atoms with E-state index in [0.717, 1.165) is 114 Å². The minimum absolute atomic E-state index is 0.105. The molecule has 0 saturated carbocycles. The molecule has 570 valence electrons. The summed E-state index contributed by atoms with van der Waals surface area (Å²) in [5.41, 5.74) is 0. The number of phosphoric ester groups is 2. The maximum Gasteiger partial charge on any atom is 0.472 e. The predicted octanol–water partition coefficient (Wildman–Crippen LogP) is 22.4. The van der Waals surface area contributed by atoms with Crippen molar-refractivity contribution in [1.29, 1.82) is 0 Å². The van der Waals surface area contributed by atoms with Crippen LogP contribution in [0.4, 0.5) is 0 Å². The van der Waals surface area contributed by atoms with E-state index < -0.39 is 97.5 Å². The number of unbranched alkanes of at least 4 members (excludes halogenated alkanes) is 38. The van der Waals surface area contributed by atoms with Crippen LogP contribution in [0.25, 0.3) is 0 Å². The number of aliphatic hydroxyl groups is 1. The van der Waals surface area contributed by atoms with Crippen LogP contribution < -0.4 is 0 Å². The normalized spacial score (nSPS) is 14.7. The number of rotatable bonds is 74. The number of hydrogen-bond donors (Lipinski definition) is 3. The van der Waals surface area contributed by atoms with Gasteiger partial charge in [0.15, 0.2) is 12.2 Å². The number of phosphoric acid groups is 2. The summed E-state index contributed by atoms with van der Waals surface area (Å²) in [7, 11) is -9.92. The highest BCUT2D eigenvalue weighted by Gasteiger charge is 2.30. The molecule has 0 heterocycles. The van der Waals surface area contributed by atoms with Crippen LogP contribution in [0.15, 0.2) is 0 Å². The first-order valence-corrected chi connectivity index (χ1v) is 42.8. The summed E-state index contributed by atoms with van der Waals surface area (Å²) in [6.07, 6.45) is 51.1. The molecular weight excluding hydrogens is 1260 g/mol. The van der Waals surface area contributed by atoms with Crippen LogP contribution in [0.3, 0.4) is 0 Å². The Labute approximate surface area is 588 Å². The molecule has 0 amide bonds. The van der Waals surface area contributed by atoms with E-state index in [-0.39, 0.29) is 25.7 Å². The van der Waals surface area contributed by atoms with Gasteiger partial charge < -0.3 is 33.8 Å². The van der Waals surface area contributed by atoms with Crippen molar-refractivity contribution < 1.29 is 80.2 Å². The number of carbonyl (C=O) groups is 4. The molecule has 0 aromatic carbocycles. The third-order valence-corrected chi connectivity index (χ3v) is 20.4. The van der Waals surface area contributed by atoms with Crippen LogP contribution in [-0.2, 0) is 65.4 Å². The molecule has 19 heteroatoms. The van der Waals surface area contributed by atoms with E-state index in [1.165, 1.54) is 193 Å². The lowest BCUT2D eigenvalue weighted by atomic mass is 9.99. The highest BCUT2D eigenvalue weighted by atomic mass is 31.2. The third kappa shape index (κ3) is 67.9. The van der Waals surface area contributed by atoms with Gasteiger partial charge in [-0.3, -0.25) is 37.3 Å². The first kappa shape index (κ1) is 94.1. The van der Waals surface area contributed by atoms with Crippen molar-refractivity contribution >= 4 is 39.5 Å². The molecular formula is C77H150O17P2. The first-order chi connectivity index (χ1) is 46.2. The number of ether oxygens (including phenoxy) is 4. The molecule has 0 aromatic rings. The summed E-state index contributed by atoms with van der Waals surface area (Å²) in [6.45, 7) is 14.3. The monoisotopic (exact) mass is 1410 g/mol. The quantitative estimate of drug-likeness (QED) is 0.0222. The zero-order valence-corrected chi connectivity index (χ0v) is 64.8. The zero-order valence-electron chi connectivity index (χ0n) is 63.0. The standard InChI is InChI=1S/C77H150O17P2/c1-9-69(7)55-47-39-31-23-19-20-26-36-44-52-60-77(82)94-73(64-88-75(80)58-50-42-34-28-27-32-40-48-56-70(8)10-2)66-92-96(85,86)90-62-71(78)61-89-95(83,84)91-65-72(63-87-74(79)57-49-41-33-24-18-14-16-22-30-38-46-54-68(5)6)93-76(81)59-51-43-35-25-17-13-11-12-15-21-29-37-45-53-67(3)4/h67-73,78H,9-66H2,1-8H3,(H,83,84)(H,85,86)/t69?,70?,71-,72-,73-/m1/s1. The van der Waals surface area contributed by atoms with E-state index in [0.29, 0.717) is 25.7 Å². The minimum Gasteiger partial charge on any atom is -0.462 e. The van der Waals surface area contributed by atoms with E-state index in [9.17, 15) is 43.2 Å². The molecule has 0 aliphatic carbocycles. The third-order valence-electron chi connectivity index (χ3n) is 18.5. The van der Waals surface area contributed by atoms with Crippen molar-refractivity contribution in [1.82, 2.24) is 0 Å². The fraction of sp³-hybridized carbons (Fsp3) is 0.948. The average Bonchev–Trinajstić information content (AvgIpc) is 2.16. The molecule has 0 radical (unpaired) electrons. The Morgan fingerprint density at radius 2 is 0.500 bits per heavy atom. The molecule has 17 nitrogen and oxygen atoms in total. The molecule has 0 fully saturated rings. The van der Waals surface area contributed by atoms with Crippen LogP contribution in [0.5, 0.6) is 0 Å². The van der Waals surface area contributed by atoms with Crippen LogP contribution in [0, 0.1) is 23.7 Å². The van der Waals surface area contributed by atoms with E-state index >= 15 is 0 Å². The van der Waals surface area contributed by atoms with Crippen LogP contribution >= 0.6 is 15.6 Å². The second kappa shape index (κ2) is 66.3. The fourth-order valence-corrected chi connectivity index (χ4v) is 13.2. The van der Waals surface area contributed by atoms with Crippen LogP contribution in [-0.4, -0.2) is 96.7 Å². The van der Waals surface area contributed by atoms with Gasteiger partial charge in [-0.15, -0.1) is 0 Å². The molecule has 7 atom stereocenters.